The number of aryl methyl sites for hydroxylation is 2. The Hall–Kier alpha value is -1.87. The van der Waals surface area contributed by atoms with Crippen molar-refractivity contribution >= 4 is 23.7 Å². The number of nitrogen functional groups attached to an aromatic ring is 1. The van der Waals surface area contributed by atoms with Crippen molar-refractivity contribution < 1.29 is 4.74 Å². The van der Waals surface area contributed by atoms with Crippen molar-refractivity contribution in [2.75, 3.05) is 36.9 Å². The van der Waals surface area contributed by atoms with Crippen LogP contribution in [-0.2, 0) is 11.8 Å². The molecule has 2 aromatic heterocycles. The molecule has 0 aliphatic carbocycles. The Bertz CT molecular complexity index is 639. The molecule has 2 aromatic rings. The van der Waals surface area contributed by atoms with E-state index in [0.717, 1.165) is 23.8 Å². The van der Waals surface area contributed by atoms with Crippen LogP contribution in [-0.4, -0.2) is 51.0 Å². The highest BCUT2D eigenvalue weighted by molar-refractivity contribution is 7.99. The lowest BCUT2D eigenvalue weighted by atomic mass is 10.4. The molecule has 0 unspecified atom stereocenters. The summed E-state index contributed by atoms with van der Waals surface area (Å²) < 4.78 is 7.13. The molecule has 1 aliphatic rings. The molecule has 112 valence electrons. The molecule has 0 bridgehead atoms. The normalized spacial score (nSPS) is 15.4. The molecule has 3 rings (SSSR count). The molecular formula is C12H17N7OS. The Balaban J connectivity index is 1.85. The van der Waals surface area contributed by atoms with Crippen LogP contribution in [0.1, 0.15) is 5.69 Å². The first-order chi connectivity index (χ1) is 10.1. The number of rotatable bonds is 3. The second-order valence-corrected chi connectivity index (χ2v) is 5.71. The van der Waals surface area contributed by atoms with Crippen LogP contribution in [0, 0.1) is 6.92 Å². The average molecular weight is 307 g/mol. The summed E-state index contributed by atoms with van der Waals surface area (Å²) in [6.45, 7) is 4.83. The van der Waals surface area contributed by atoms with Crippen molar-refractivity contribution in [2.24, 2.45) is 7.05 Å². The fraction of sp³-hybridized carbons (Fsp3) is 0.500. The van der Waals surface area contributed by atoms with E-state index in [1.54, 1.807) is 4.68 Å². The van der Waals surface area contributed by atoms with Crippen LogP contribution in [0.3, 0.4) is 0 Å². The quantitative estimate of drug-likeness (QED) is 0.875. The largest absolute Gasteiger partial charge is 0.378 e. The van der Waals surface area contributed by atoms with Gasteiger partial charge in [-0.2, -0.15) is 20.1 Å². The van der Waals surface area contributed by atoms with Crippen molar-refractivity contribution in [3.63, 3.8) is 0 Å². The smallest absolute Gasteiger partial charge is 0.231 e. The van der Waals surface area contributed by atoms with Crippen LogP contribution in [0.25, 0.3) is 0 Å². The van der Waals surface area contributed by atoms with E-state index in [-0.39, 0.29) is 5.95 Å². The first-order valence-corrected chi connectivity index (χ1v) is 7.46. The van der Waals surface area contributed by atoms with E-state index in [4.69, 9.17) is 10.5 Å². The average Bonchev–Trinajstić information content (AvgIpc) is 2.77. The molecule has 0 radical (unpaired) electrons. The lowest BCUT2D eigenvalue weighted by Crippen LogP contribution is -2.37. The van der Waals surface area contributed by atoms with Crippen LogP contribution >= 0.6 is 11.8 Å². The summed E-state index contributed by atoms with van der Waals surface area (Å²) >= 11 is 1.43. The molecule has 0 aromatic carbocycles. The molecule has 21 heavy (non-hydrogen) atoms. The summed E-state index contributed by atoms with van der Waals surface area (Å²) in [7, 11) is 1.89. The Morgan fingerprint density at radius 2 is 2.00 bits per heavy atom. The summed E-state index contributed by atoms with van der Waals surface area (Å²) in [5, 5.41) is 5.85. The molecular weight excluding hydrogens is 290 g/mol. The second-order valence-electron chi connectivity index (χ2n) is 4.73. The maximum absolute atomic E-state index is 5.81. The molecule has 9 heteroatoms. The van der Waals surface area contributed by atoms with Gasteiger partial charge in [0.15, 0.2) is 0 Å². The monoisotopic (exact) mass is 307 g/mol. The van der Waals surface area contributed by atoms with Crippen molar-refractivity contribution in [1.29, 1.82) is 0 Å². The summed E-state index contributed by atoms with van der Waals surface area (Å²) in [6.07, 6.45) is 0. The van der Waals surface area contributed by atoms with Gasteiger partial charge in [-0.1, -0.05) is 0 Å². The van der Waals surface area contributed by atoms with Crippen molar-refractivity contribution in [3.05, 3.63) is 11.8 Å². The molecule has 1 fully saturated rings. The van der Waals surface area contributed by atoms with E-state index < -0.39 is 0 Å². The summed E-state index contributed by atoms with van der Waals surface area (Å²) in [5.74, 6) is 0.833. The topological polar surface area (TPSA) is 95.0 Å². The van der Waals surface area contributed by atoms with E-state index in [2.05, 4.69) is 25.0 Å². The van der Waals surface area contributed by atoms with E-state index in [1.165, 1.54) is 11.8 Å². The number of morpholine rings is 1. The molecule has 0 spiro atoms. The first kappa shape index (κ1) is 14.1. The van der Waals surface area contributed by atoms with Gasteiger partial charge >= 0.3 is 0 Å². The van der Waals surface area contributed by atoms with Gasteiger partial charge in [-0.25, -0.2) is 0 Å². The van der Waals surface area contributed by atoms with Crippen molar-refractivity contribution in [2.45, 2.75) is 17.1 Å². The summed E-state index contributed by atoms with van der Waals surface area (Å²) in [5.41, 5.74) is 6.76. The van der Waals surface area contributed by atoms with Crippen molar-refractivity contribution in [3.8, 4) is 0 Å². The zero-order valence-corrected chi connectivity index (χ0v) is 12.8. The SMILES string of the molecule is Cc1cc(Sc2nc(N)nc(N3CCOCC3)n2)n(C)n1. The first-order valence-electron chi connectivity index (χ1n) is 6.64. The van der Waals surface area contributed by atoms with Gasteiger partial charge < -0.3 is 15.4 Å². The highest BCUT2D eigenvalue weighted by Gasteiger charge is 2.17. The van der Waals surface area contributed by atoms with Gasteiger partial charge in [0.05, 0.1) is 18.9 Å². The van der Waals surface area contributed by atoms with Gasteiger partial charge in [-0.15, -0.1) is 0 Å². The molecule has 8 nitrogen and oxygen atoms in total. The Labute approximate surface area is 126 Å². The van der Waals surface area contributed by atoms with Gasteiger partial charge in [-0.3, -0.25) is 4.68 Å². The molecule has 0 atom stereocenters. The lowest BCUT2D eigenvalue weighted by molar-refractivity contribution is 0.122. The predicted octanol–water partition coefficient (Wildman–Crippen LogP) is 0.484. The number of aromatic nitrogens is 5. The highest BCUT2D eigenvalue weighted by atomic mass is 32.2. The van der Waals surface area contributed by atoms with Gasteiger partial charge in [0.2, 0.25) is 17.1 Å². The zero-order valence-electron chi connectivity index (χ0n) is 12.0. The third-order valence-electron chi connectivity index (χ3n) is 3.07. The summed E-state index contributed by atoms with van der Waals surface area (Å²) in [4.78, 5) is 15.0. The maximum atomic E-state index is 5.81. The number of nitrogens with zero attached hydrogens (tertiary/aromatic N) is 6. The minimum absolute atomic E-state index is 0.230. The number of hydrogen-bond donors (Lipinski definition) is 1. The fourth-order valence-corrected chi connectivity index (χ4v) is 2.94. The minimum atomic E-state index is 0.230. The molecule has 0 amide bonds. The molecule has 1 saturated heterocycles. The Kier molecular flexibility index (Phi) is 3.93. The van der Waals surface area contributed by atoms with Gasteiger partial charge in [0.1, 0.15) is 5.03 Å². The molecule has 2 N–H and O–H groups in total. The Morgan fingerprint density at radius 1 is 1.24 bits per heavy atom. The van der Waals surface area contributed by atoms with Crippen LogP contribution in [0.15, 0.2) is 16.2 Å². The Morgan fingerprint density at radius 3 is 2.67 bits per heavy atom. The number of anilines is 2. The highest BCUT2D eigenvalue weighted by Crippen LogP contribution is 2.26. The van der Waals surface area contributed by atoms with E-state index in [9.17, 15) is 0 Å². The predicted molar refractivity (Wildman–Crippen MR) is 79.3 cm³/mol. The number of ether oxygens (including phenoxy) is 1. The van der Waals surface area contributed by atoms with Gasteiger partial charge in [0.25, 0.3) is 0 Å². The molecule has 3 heterocycles. The second kappa shape index (κ2) is 5.86. The third-order valence-corrected chi connectivity index (χ3v) is 4.03. The molecule has 0 saturated carbocycles. The van der Waals surface area contributed by atoms with Crippen LogP contribution in [0.5, 0.6) is 0 Å². The molecule has 1 aliphatic heterocycles. The minimum Gasteiger partial charge on any atom is -0.378 e. The van der Waals surface area contributed by atoms with Crippen molar-refractivity contribution in [1.82, 2.24) is 24.7 Å². The van der Waals surface area contributed by atoms with E-state index in [1.807, 2.05) is 20.0 Å². The zero-order chi connectivity index (χ0) is 14.8. The van der Waals surface area contributed by atoms with Crippen LogP contribution < -0.4 is 10.6 Å². The van der Waals surface area contributed by atoms with Crippen LogP contribution in [0.2, 0.25) is 0 Å². The fourth-order valence-electron chi connectivity index (χ4n) is 2.09. The number of hydrogen-bond acceptors (Lipinski definition) is 8. The number of nitrogens with two attached hydrogens (primary N) is 1. The lowest BCUT2D eigenvalue weighted by Gasteiger charge is -2.26. The van der Waals surface area contributed by atoms with Gasteiger partial charge in [0, 0.05) is 20.1 Å². The summed E-state index contributed by atoms with van der Waals surface area (Å²) in [6, 6.07) is 1.99. The standard InChI is InChI=1S/C12H17N7OS/c1-8-7-9(18(2)17-8)21-12-15-10(13)14-11(16-12)19-3-5-20-6-4-19/h7H,3-6H2,1-2H3,(H2,13,14,15,16). The van der Waals surface area contributed by atoms with E-state index in [0.29, 0.717) is 24.3 Å². The van der Waals surface area contributed by atoms with E-state index >= 15 is 0 Å². The third kappa shape index (κ3) is 3.24. The van der Waals surface area contributed by atoms with Gasteiger partial charge in [-0.05, 0) is 24.8 Å². The maximum Gasteiger partial charge on any atom is 0.231 e. The van der Waals surface area contributed by atoms with Crippen LogP contribution in [0.4, 0.5) is 11.9 Å².